The van der Waals surface area contributed by atoms with E-state index in [2.05, 4.69) is 0 Å². The Balaban J connectivity index is 2.19. The highest BCUT2D eigenvalue weighted by molar-refractivity contribution is 5.74. The van der Waals surface area contributed by atoms with Gasteiger partial charge in [-0.2, -0.15) is 0 Å². The number of carbonyl (C=O) groups excluding carboxylic acids is 1. The topological polar surface area (TPSA) is 79.0 Å². The van der Waals surface area contributed by atoms with Crippen LogP contribution in [0.15, 0.2) is 0 Å². The first-order valence-corrected chi connectivity index (χ1v) is 4.75. The zero-order valence-electron chi connectivity index (χ0n) is 8.19. The van der Waals surface area contributed by atoms with Crippen LogP contribution < -0.4 is 5.84 Å². The van der Waals surface area contributed by atoms with Crippen LogP contribution in [-0.2, 0) is 4.74 Å². The fourth-order valence-electron chi connectivity index (χ4n) is 1.35. The van der Waals surface area contributed by atoms with Crippen molar-refractivity contribution in [3.8, 4) is 0 Å². The third kappa shape index (κ3) is 3.13. The van der Waals surface area contributed by atoms with Gasteiger partial charge in [-0.15, -0.1) is 0 Å². The van der Waals surface area contributed by atoms with Gasteiger partial charge in [-0.3, -0.25) is 5.01 Å². The van der Waals surface area contributed by atoms with E-state index in [1.807, 2.05) is 0 Å². The summed E-state index contributed by atoms with van der Waals surface area (Å²) in [5.74, 6) is 5.46. The molecule has 1 rings (SSSR count). The normalized spacial score (nSPS) is 17.7. The zero-order valence-corrected chi connectivity index (χ0v) is 8.19. The Bertz CT molecular complexity index is 189. The summed E-state index contributed by atoms with van der Waals surface area (Å²) in [6.45, 7) is 2.65. The minimum atomic E-state index is -0.149. The minimum Gasteiger partial charge on any atom is -0.394 e. The summed E-state index contributed by atoms with van der Waals surface area (Å²) in [6, 6.07) is -0.149. The van der Waals surface area contributed by atoms with Crippen LogP contribution in [0, 0.1) is 0 Å². The Morgan fingerprint density at radius 2 is 2.21 bits per heavy atom. The van der Waals surface area contributed by atoms with Gasteiger partial charge < -0.3 is 14.7 Å². The van der Waals surface area contributed by atoms with E-state index in [0.29, 0.717) is 26.3 Å². The van der Waals surface area contributed by atoms with Crippen LogP contribution in [0.4, 0.5) is 4.79 Å². The summed E-state index contributed by atoms with van der Waals surface area (Å²) >= 11 is 0. The molecular weight excluding hydrogens is 186 g/mol. The molecule has 0 radical (unpaired) electrons. The number of amides is 2. The number of hydrogen-bond donors (Lipinski definition) is 2. The van der Waals surface area contributed by atoms with E-state index in [4.69, 9.17) is 15.7 Å². The number of nitrogens with two attached hydrogens (primary N) is 1. The van der Waals surface area contributed by atoms with Crippen molar-refractivity contribution >= 4 is 6.03 Å². The van der Waals surface area contributed by atoms with Crippen LogP contribution in [0.25, 0.3) is 0 Å². The molecule has 82 valence electrons. The van der Waals surface area contributed by atoms with Gasteiger partial charge >= 0.3 is 6.03 Å². The number of nitrogens with zero attached hydrogens (tertiary/aromatic N) is 2. The number of aliphatic hydroxyl groups is 1. The lowest BCUT2D eigenvalue weighted by Gasteiger charge is -2.32. The number of hydrogen-bond acceptors (Lipinski definition) is 4. The summed E-state index contributed by atoms with van der Waals surface area (Å²) in [7, 11) is 0. The average Bonchev–Trinajstić information content (AvgIpc) is 2.19. The molecule has 14 heavy (non-hydrogen) atoms. The largest absolute Gasteiger partial charge is 0.394 e. The first-order valence-electron chi connectivity index (χ1n) is 4.75. The molecule has 0 atom stereocenters. The van der Waals surface area contributed by atoms with Crippen molar-refractivity contribution in [1.29, 1.82) is 0 Å². The van der Waals surface area contributed by atoms with E-state index in [1.165, 1.54) is 5.01 Å². The van der Waals surface area contributed by atoms with Crippen molar-refractivity contribution in [3.63, 3.8) is 0 Å². The molecule has 0 aromatic carbocycles. The molecule has 0 unspecified atom stereocenters. The van der Waals surface area contributed by atoms with Crippen molar-refractivity contribution in [2.24, 2.45) is 5.84 Å². The van der Waals surface area contributed by atoms with E-state index >= 15 is 0 Å². The van der Waals surface area contributed by atoms with Crippen molar-refractivity contribution in [2.45, 2.75) is 6.42 Å². The maximum atomic E-state index is 11.4. The first-order chi connectivity index (χ1) is 6.75. The smallest absolute Gasteiger partial charge is 0.334 e. The summed E-state index contributed by atoms with van der Waals surface area (Å²) in [6.07, 6.45) is 0.891. The van der Waals surface area contributed by atoms with Gasteiger partial charge in [-0.1, -0.05) is 0 Å². The Labute approximate surface area is 83.2 Å². The molecule has 6 heteroatoms. The van der Waals surface area contributed by atoms with Crippen LogP contribution in [0.3, 0.4) is 0 Å². The van der Waals surface area contributed by atoms with Gasteiger partial charge in [0.2, 0.25) is 0 Å². The quantitative estimate of drug-likeness (QED) is 0.341. The number of hydrazine groups is 1. The molecule has 0 bridgehead atoms. The van der Waals surface area contributed by atoms with Gasteiger partial charge in [0, 0.05) is 19.6 Å². The number of rotatable bonds is 5. The maximum Gasteiger partial charge on any atom is 0.334 e. The highest BCUT2D eigenvalue weighted by atomic mass is 16.5. The van der Waals surface area contributed by atoms with Gasteiger partial charge in [-0.25, -0.2) is 10.6 Å². The first kappa shape index (κ1) is 11.2. The number of aliphatic hydroxyl groups excluding tert-OH is 1. The molecule has 1 aliphatic rings. The number of carbonyl (C=O) groups is 1. The summed E-state index contributed by atoms with van der Waals surface area (Å²) in [5, 5.41) is 9.68. The molecule has 1 heterocycles. The van der Waals surface area contributed by atoms with E-state index in [0.717, 1.165) is 13.0 Å². The predicted molar refractivity (Wildman–Crippen MR) is 50.4 cm³/mol. The second kappa shape index (κ2) is 5.79. The zero-order chi connectivity index (χ0) is 10.4. The van der Waals surface area contributed by atoms with Crippen molar-refractivity contribution in [3.05, 3.63) is 0 Å². The molecule has 2 amide bonds. The lowest BCUT2D eigenvalue weighted by Crippen LogP contribution is -2.53. The van der Waals surface area contributed by atoms with E-state index < -0.39 is 0 Å². The summed E-state index contributed by atoms with van der Waals surface area (Å²) in [5.41, 5.74) is 0. The molecule has 0 aliphatic carbocycles. The Morgan fingerprint density at radius 3 is 2.93 bits per heavy atom. The lowest BCUT2D eigenvalue weighted by atomic mass is 10.3. The number of ether oxygens (including phenoxy) is 1. The third-order valence-corrected chi connectivity index (χ3v) is 2.08. The minimum absolute atomic E-state index is 0.0109. The van der Waals surface area contributed by atoms with Crippen LogP contribution in [0.5, 0.6) is 0 Å². The van der Waals surface area contributed by atoms with Gasteiger partial charge in [-0.05, 0) is 6.42 Å². The Morgan fingerprint density at radius 1 is 1.43 bits per heavy atom. The van der Waals surface area contributed by atoms with E-state index in [1.54, 1.807) is 4.90 Å². The number of urea groups is 1. The fourth-order valence-corrected chi connectivity index (χ4v) is 1.35. The molecule has 0 aromatic heterocycles. The van der Waals surface area contributed by atoms with Crippen molar-refractivity contribution < 1.29 is 14.6 Å². The summed E-state index contributed by atoms with van der Waals surface area (Å²) in [4.78, 5) is 13.1. The SMILES string of the molecule is NN1CCCN(CCOCCO)C1=O. The Hall–Kier alpha value is -0.850. The average molecular weight is 203 g/mol. The van der Waals surface area contributed by atoms with E-state index in [9.17, 15) is 4.79 Å². The highest BCUT2D eigenvalue weighted by Crippen LogP contribution is 2.04. The van der Waals surface area contributed by atoms with Crippen LogP contribution in [-0.4, -0.2) is 60.5 Å². The maximum absolute atomic E-state index is 11.4. The van der Waals surface area contributed by atoms with Crippen molar-refractivity contribution in [2.75, 3.05) is 39.5 Å². The molecule has 0 spiro atoms. The van der Waals surface area contributed by atoms with Gasteiger partial charge in [0.25, 0.3) is 0 Å². The molecular formula is C8H17N3O3. The van der Waals surface area contributed by atoms with Crippen molar-refractivity contribution in [1.82, 2.24) is 9.91 Å². The second-order valence-electron chi connectivity index (χ2n) is 3.15. The summed E-state index contributed by atoms with van der Waals surface area (Å²) < 4.78 is 5.07. The van der Waals surface area contributed by atoms with Gasteiger partial charge in [0.1, 0.15) is 0 Å². The standard InChI is InChI=1S/C8H17N3O3/c9-11-3-1-2-10(8(11)13)4-6-14-7-5-12/h12H,1-7,9H2. The van der Waals surface area contributed by atoms with Gasteiger partial charge in [0.05, 0.1) is 19.8 Å². The van der Waals surface area contributed by atoms with E-state index in [-0.39, 0.29) is 12.6 Å². The van der Waals surface area contributed by atoms with Crippen LogP contribution >= 0.6 is 0 Å². The molecule has 3 N–H and O–H groups in total. The molecule has 1 aliphatic heterocycles. The third-order valence-electron chi connectivity index (χ3n) is 2.08. The highest BCUT2D eigenvalue weighted by Gasteiger charge is 2.22. The predicted octanol–water partition coefficient (Wildman–Crippen LogP) is -1.00. The Kier molecular flexibility index (Phi) is 4.64. The second-order valence-corrected chi connectivity index (χ2v) is 3.15. The van der Waals surface area contributed by atoms with Crippen LogP contribution in [0.2, 0.25) is 0 Å². The van der Waals surface area contributed by atoms with Gasteiger partial charge in [0.15, 0.2) is 0 Å². The fraction of sp³-hybridized carbons (Fsp3) is 0.875. The molecule has 0 aromatic rings. The van der Waals surface area contributed by atoms with Crippen LogP contribution in [0.1, 0.15) is 6.42 Å². The molecule has 0 saturated carbocycles. The monoisotopic (exact) mass is 203 g/mol. The lowest BCUT2D eigenvalue weighted by molar-refractivity contribution is 0.0669. The molecule has 1 saturated heterocycles. The molecule has 1 fully saturated rings. The molecule has 6 nitrogen and oxygen atoms in total.